The van der Waals surface area contributed by atoms with Crippen LogP contribution in [0.4, 0.5) is 11.4 Å². The topological polar surface area (TPSA) is 385 Å². The number of nitrogen functional groups attached to an aromatic ring is 1. The fourth-order valence-electron chi connectivity index (χ4n) is 13.2. The molecule has 6 heterocycles. The van der Waals surface area contributed by atoms with Gasteiger partial charge in [0, 0.05) is 64.3 Å². The zero-order chi connectivity index (χ0) is 72.4. The Hall–Kier alpha value is -9.77. The van der Waals surface area contributed by atoms with E-state index in [1.165, 1.54) is 74.6 Å². The van der Waals surface area contributed by atoms with Crippen LogP contribution in [0.3, 0.4) is 0 Å². The number of carbonyl (C=O) groups excluding carboxylic acids is 12. The van der Waals surface area contributed by atoms with Crippen molar-refractivity contribution in [2.45, 2.75) is 176 Å². The number of aryl methyl sites for hydroxylation is 1. The van der Waals surface area contributed by atoms with Gasteiger partial charge in [0.2, 0.25) is 52.7 Å². The molecule has 98 heavy (non-hydrogen) atoms. The molecule has 0 unspecified atom stereocenters. The van der Waals surface area contributed by atoms with Gasteiger partial charge in [0.25, 0.3) is 11.8 Å². The lowest BCUT2D eigenvalue weighted by Crippen LogP contribution is -2.61. The minimum absolute atomic E-state index is 0.0771. The van der Waals surface area contributed by atoms with Gasteiger partial charge in [-0.1, -0.05) is 61.5 Å². The second-order valence-electron chi connectivity index (χ2n) is 27.4. The number of amides is 10. The quantitative estimate of drug-likeness (QED) is 0.0707. The second-order valence-corrected chi connectivity index (χ2v) is 27.4. The molecular formula is C68H92N14O16. The van der Waals surface area contributed by atoms with Crippen molar-refractivity contribution >= 4 is 93.5 Å². The highest BCUT2D eigenvalue weighted by Crippen LogP contribution is 2.38. The maximum Gasteiger partial charge on any atom is 0.329 e. The summed E-state index contributed by atoms with van der Waals surface area (Å²) in [7, 11) is 5.58. The SMILES string of the molecule is Cc1c2oc3c(C)c(NCc4ccccn4)cc(C(=O)N[C@@H]4C(=O)N[C@H](C(C)C)C(=O)N5CCC[C@H]5C(=O)N(C)CC(=O)N(C)[C@@H](C(C)C)C(=O)O[C@@H]4C)c3nc-2c(C(=O)N[C@@H]2C(=O)N[C@H](C(C)C)C(=O)N3CCC[C@H]3C(=O)N(C)CC(=O)N(C)[C@@H](C(C)C)C(=O)O[C@@H]2C)c(N)c1=O. The van der Waals surface area contributed by atoms with Gasteiger partial charge in [-0.25, -0.2) is 14.6 Å². The Morgan fingerprint density at radius 1 is 0.643 bits per heavy atom. The van der Waals surface area contributed by atoms with Gasteiger partial charge >= 0.3 is 11.9 Å². The number of pyridine rings is 1. The van der Waals surface area contributed by atoms with E-state index >= 15 is 19.2 Å². The number of hydrogen-bond acceptors (Lipinski definition) is 20. The average Bonchev–Trinajstić information content (AvgIpc) is 0.737. The van der Waals surface area contributed by atoms with E-state index in [4.69, 9.17) is 24.6 Å². The first kappa shape index (κ1) is 74.0. The summed E-state index contributed by atoms with van der Waals surface area (Å²) in [6.45, 7) is 18.4. The summed E-state index contributed by atoms with van der Waals surface area (Å²) in [5, 5.41) is 14.1. The van der Waals surface area contributed by atoms with Crippen LogP contribution < -0.4 is 37.7 Å². The van der Waals surface area contributed by atoms with Gasteiger partial charge in [-0.3, -0.25) is 57.7 Å². The molecule has 1 aromatic carbocycles. The average molecular weight is 1360 g/mol. The van der Waals surface area contributed by atoms with Crippen molar-refractivity contribution in [2.75, 3.05) is 65.4 Å². The molecule has 4 saturated heterocycles. The Balaban J connectivity index is 1.27. The van der Waals surface area contributed by atoms with Crippen LogP contribution in [-0.2, 0) is 64.0 Å². The fourth-order valence-corrected chi connectivity index (χ4v) is 13.2. The zero-order valence-electron chi connectivity index (χ0n) is 58.5. The van der Waals surface area contributed by atoms with E-state index in [1.54, 1.807) is 86.7 Å². The Labute approximate surface area is 568 Å². The summed E-state index contributed by atoms with van der Waals surface area (Å²) >= 11 is 0. The van der Waals surface area contributed by atoms with Crippen LogP contribution in [-0.4, -0.2) is 225 Å². The molecule has 7 N–H and O–H groups in total. The number of likely N-dealkylation sites (N-methyl/N-ethyl adjacent to an activating group) is 4. The molecule has 30 heteroatoms. The molecule has 5 aliphatic heterocycles. The summed E-state index contributed by atoms with van der Waals surface area (Å²) in [5.74, 6) is -12.7. The van der Waals surface area contributed by atoms with Crippen LogP contribution >= 0.6 is 0 Å². The number of hydrogen-bond donors (Lipinski definition) is 6. The van der Waals surface area contributed by atoms with E-state index < -0.39 is 191 Å². The summed E-state index contributed by atoms with van der Waals surface area (Å²) in [5.41, 5.74) is 4.13. The summed E-state index contributed by atoms with van der Waals surface area (Å²) < 4.78 is 18.7. The standard InChI is InChI=1S/C68H92N14O16/c1-31(2)48-65(92)81-25-19-22-42(81)63(90)77(13)29-44(83)79(15)54(33(5)6)67(94)96-37(11)50(61(88)73-48)75-59(86)40-27-41(71-28-39-21-17-18-24-70-39)35(9)57-52(40)72-53-46(47(69)56(85)36(10)58(53)98-57)60(87)76-51-38(12)97-68(95)55(34(7)8)80(16)45(84)30-78(14)64(91)43-23-20-26-82(43)66(93)49(32(3)4)74-62(51)89/h17-18,21,24,27,31-34,37-38,42-43,48-51,54-55,71H,19-20,22-23,25-26,28-30,69H2,1-16H3,(H,73,88)(H,74,89)(H,75,86)(H,76,87)/t37-,38-,42+,43+,48-,49-,50+,51+,54+,55+/m1/s1. The first-order valence-corrected chi connectivity index (χ1v) is 33.2. The third-order valence-corrected chi connectivity index (χ3v) is 18.9. The molecule has 30 nitrogen and oxygen atoms in total. The van der Waals surface area contributed by atoms with E-state index in [9.17, 15) is 43.2 Å². The van der Waals surface area contributed by atoms with Crippen molar-refractivity contribution in [2.24, 2.45) is 23.7 Å². The van der Waals surface area contributed by atoms with Crippen molar-refractivity contribution in [1.82, 2.24) is 60.6 Å². The number of carbonyl (C=O) groups is 12. The lowest BCUT2D eigenvalue weighted by molar-refractivity contribution is -0.163. The monoisotopic (exact) mass is 1360 g/mol. The second kappa shape index (κ2) is 30.3. The van der Waals surface area contributed by atoms with Crippen LogP contribution in [0.2, 0.25) is 0 Å². The maximum absolute atomic E-state index is 15.7. The number of nitrogens with zero attached hydrogens (tertiary/aromatic N) is 8. The van der Waals surface area contributed by atoms with Crippen LogP contribution in [0.15, 0.2) is 39.7 Å². The van der Waals surface area contributed by atoms with Gasteiger partial charge < -0.3 is 75.6 Å². The lowest BCUT2D eigenvalue weighted by Gasteiger charge is -2.36. The number of fused-ring (bicyclic) bond motifs is 4. The molecule has 4 fully saturated rings. The summed E-state index contributed by atoms with van der Waals surface area (Å²) in [6, 6.07) is -4.34. The maximum atomic E-state index is 15.7. The molecule has 530 valence electrons. The number of benzene rings is 2. The van der Waals surface area contributed by atoms with Gasteiger partial charge in [0.15, 0.2) is 11.3 Å². The molecule has 8 rings (SSSR count). The van der Waals surface area contributed by atoms with E-state index in [0.29, 0.717) is 24.1 Å². The molecule has 10 atom stereocenters. The minimum Gasteiger partial charge on any atom is -0.458 e. The minimum atomic E-state index is -1.91. The normalized spacial score (nSPS) is 25.0. The van der Waals surface area contributed by atoms with E-state index in [2.05, 4.69) is 31.6 Å². The number of esters is 2. The number of ether oxygens (including phenoxy) is 2. The molecule has 10 amide bonds. The van der Waals surface area contributed by atoms with Crippen molar-refractivity contribution in [3.63, 3.8) is 0 Å². The molecule has 0 radical (unpaired) electrons. The zero-order valence-corrected chi connectivity index (χ0v) is 58.5. The van der Waals surface area contributed by atoms with Gasteiger partial charge in [0.05, 0.1) is 42.1 Å². The molecule has 0 spiro atoms. The molecule has 1 aliphatic carbocycles. The summed E-state index contributed by atoms with van der Waals surface area (Å²) in [6.07, 6.45) is -0.198. The van der Waals surface area contributed by atoms with E-state index in [-0.39, 0.29) is 66.2 Å². The van der Waals surface area contributed by atoms with Crippen LogP contribution in [0.1, 0.15) is 132 Å². The molecule has 2 aromatic rings. The van der Waals surface area contributed by atoms with Crippen molar-refractivity contribution in [3.8, 4) is 11.5 Å². The molecule has 0 bridgehead atoms. The van der Waals surface area contributed by atoms with Gasteiger partial charge in [0.1, 0.15) is 71.8 Å². The summed E-state index contributed by atoms with van der Waals surface area (Å²) in [4.78, 5) is 207. The number of aromatic nitrogens is 2. The third-order valence-electron chi connectivity index (χ3n) is 18.9. The van der Waals surface area contributed by atoms with Gasteiger partial charge in [-0.05, 0) is 95.2 Å². The number of nitrogens with two attached hydrogens (primary N) is 1. The van der Waals surface area contributed by atoms with Crippen molar-refractivity contribution in [1.29, 1.82) is 0 Å². The molecule has 0 saturated carbocycles. The lowest BCUT2D eigenvalue weighted by atomic mass is 9.98. The number of rotatable bonds is 11. The fraction of sp³-hybridized carbons (Fsp3) is 0.574. The molecule has 1 aromatic heterocycles. The number of cyclic esters (lactones) is 2. The van der Waals surface area contributed by atoms with Gasteiger partial charge in [-0.15, -0.1) is 0 Å². The highest BCUT2D eigenvalue weighted by molar-refractivity contribution is 6.11. The van der Waals surface area contributed by atoms with Gasteiger partial charge in [-0.2, -0.15) is 0 Å². The first-order chi connectivity index (χ1) is 46.1. The van der Waals surface area contributed by atoms with Crippen LogP contribution in [0.25, 0.3) is 22.6 Å². The Kier molecular flexibility index (Phi) is 22.9. The van der Waals surface area contributed by atoms with E-state index in [0.717, 1.165) is 9.80 Å². The first-order valence-electron chi connectivity index (χ1n) is 33.2. The Morgan fingerprint density at radius 3 is 1.55 bits per heavy atom. The molecular weight excluding hydrogens is 1270 g/mol. The Morgan fingerprint density at radius 2 is 1.11 bits per heavy atom. The van der Waals surface area contributed by atoms with Crippen molar-refractivity contribution < 1.29 is 71.4 Å². The Bertz CT molecular complexity index is 3840. The predicted octanol–water partition coefficient (Wildman–Crippen LogP) is 1.73. The third kappa shape index (κ3) is 15.2. The number of anilines is 2. The van der Waals surface area contributed by atoms with Crippen molar-refractivity contribution in [3.05, 3.63) is 68.6 Å². The predicted molar refractivity (Wildman–Crippen MR) is 357 cm³/mol. The van der Waals surface area contributed by atoms with Crippen LogP contribution in [0.5, 0.6) is 0 Å². The molecule has 6 aliphatic rings. The largest absolute Gasteiger partial charge is 0.458 e. The smallest absolute Gasteiger partial charge is 0.329 e. The highest BCUT2D eigenvalue weighted by Gasteiger charge is 2.47. The highest BCUT2D eigenvalue weighted by atomic mass is 16.6. The van der Waals surface area contributed by atoms with Crippen LogP contribution in [0, 0.1) is 37.5 Å². The van der Waals surface area contributed by atoms with E-state index in [1.807, 2.05) is 0 Å². The number of nitrogens with one attached hydrogen (secondary N) is 5.